The molecule has 8 heteroatoms. The van der Waals surface area contributed by atoms with E-state index in [1.165, 1.54) is 5.56 Å². The number of aromatic nitrogens is 6. The fourth-order valence-electron chi connectivity index (χ4n) is 3.87. The van der Waals surface area contributed by atoms with Gasteiger partial charge in [0.05, 0.1) is 28.3 Å². The Hall–Kier alpha value is -4.04. The minimum Gasteiger partial charge on any atom is -0.376 e. The van der Waals surface area contributed by atoms with Crippen molar-refractivity contribution in [2.75, 3.05) is 19.0 Å². The van der Waals surface area contributed by atoms with Gasteiger partial charge in [0.2, 0.25) is 0 Å². The van der Waals surface area contributed by atoms with Crippen LogP contribution in [0.5, 0.6) is 0 Å². The molecule has 0 atom stereocenters. The van der Waals surface area contributed by atoms with E-state index >= 15 is 0 Å². The smallest absolute Gasteiger partial charge is 0.181 e. The number of hydrogen-bond acceptors (Lipinski definition) is 6. The third-order valence-corrected chi connectivity index (χ3v) is 6.25. The monoisotopic (exact) mass is 437 g/mol. The summed E-state index contributed by atoms with van der Waals surface area (Å²) in [5.74, 6) is 0.740. The molecule has 0 aliphatic rings. The largest absolute Gasteiger partial charge is 0.376 e. The number of imidazole rings is 1. The molecule has 1 aromatic carbocycles. The molecule has 5 aromatic heterocycles. The van der Waals surface area contributed by atoms with Crippen molar-refractivity contribution >= 4 is 39.1 Å². The number of fused-ring (bicyclic) bond motifs is 2. The third kappa shape index (κ3) is 3.04. The number of pyridine rings is 2. The number of hydrogen-bond donors (Lipinski definition) is 2. The van der Waals surface area contributed by atoms with E-state index in [2.05, 4.69) is 60.2 Å². The molecule has 0 aliphatic heterocycles. The maximum absolute atomic E-state index is 4.93. The second-order valence-corrected chi connectivity index (χ2v) is 8.60. The number of anilines is 1. The predicted molar refractivity (Wildman–Crippen MR) is 130 cm³/mol. The molecule has 0 saturated carbocycles. The lowest BCUT2D eigenvalue weighted by Gasteiger charge is -2.12. The van der Waals surface area contributed by atoms with Gasteiger partial charge in [-0.15, -0.1) is 0 Å². The average molecular weight is 438 g/mol. The number of aromatic amines is 2. The van der Waals surface area contributed by atoms with Crippen LogP contribution >= 0.6 is 11.3 Å². The van der Waals surface area contributed by atoms with Crippen LogP contribution in [0.4, 0.5) is 5.69 Å². The highest BCUT2D eigenvalue weighted by atomic mass is 32.1. The molecular formula is C24H19N7S. The molecule has 32 heavy (non-hydrogen) atoms. The van der Waals surface area contributed by atoms with Gasteiger partial charge in [-0.3, -0.25) is 10.1 Å². The summed E-state index contributed by atoms with van der Waals surface area (Å²) in [6, 6.07) is 12.5. The Bertz CT molecular complexity index is 1560. The topological polar surface area (TPSA) is 86.4 Å². The first-order valence-electron chi connectivity index (χ1n) is 10.2. The molecule has 0 spiro atoms. The predicted octanol–water partition coefficient (Wildman–Crippen LogP) is 5.36. The highest BCUT2D eigenvalue weighted by Crippen LogP contribution is 2.33. The second kappa shape index (κ2) is 7.28. The summed E-state index contributed by atoms with van der Waals surface area (Å²) in [4.78, 5) is 19.4. The zero-order valence-corrected chi connectivity index (χ0v) is 18.3. The summed E-state index contributed by atoms with van der Waals surface area (Å²) < 4.78 is 0. The van der Waals surface area contributed by atoms with Crippen LogP contribution in [0, 0.1) is 0 Å². The summed E-state index contributed by atoms with van der Waals surface area (Å²) >= 11 is 1.68. The van der Waals surface area contributed by atoms with E-state index in [9.17, 15) is 0 Å². The first kappa shape index (κ1) is 18.7. The molecule has 0 radical (unpaired) electrons. The Labute approximate surface area is 187 Å². The Morgan fingerprint density at radius 1 is 0.969 bits per heavy atom. The lowest BCUT2D eigenvalue weighted by atomic mass is 10.1. The molecule has 0 saturated heterocycles. The number of nitrogens with one attached hydrogen (secondary N) is 2. The maximum atomic E-state index is 4.93. The molecular weight excluding hydrogens is 418 g/mol. The quantitative estimate of drug-likeness (QED) is 0.388. The van der Waals surface area contributed by atoms with Gasteiger partial charge in [0.25, 0.3) is 0 Å². The first-order chi connectivity index (χ1) is 15.7. The number of H-pyrrole nitrogens is 2. The maximum Gasteiger partial charge on any atom is 0.181 e. The van der Waals surface area contributed by atoms with Crippen molar-refractivity contribution in [1.29, 1.82) is 0 Å². The Kier molecular flexibility index (Phi) is 4.26. The van der Waals surface area contributed by atoms with Crippen LogP contribution in [-0.4, -0.2) is 44.2 Å². The zero-order valence-electron chi connectivity index (χ0n) is 17.5. The fraction of sp³-hybridized carbons (Fsp3) is 0.0833. The van der Waals surface area contributed by atoms with Crippen molar-refractivity contribution in [3.63, 3.8) is 0 Å². The fourth-order valence-corrected chi connectivity index (χ4v) is 4.53. The Morgan fingerprint density at radius 3 is 2.72 bits per heavy atom. The van der Waals surface area contributed by atoms with Gasteiger partial charge < -0.3 is 9.88 Å². The van der Waals surface area contributed by atoms with Crippen LogP contribution in [0.25, 0.3) is 55.8 Å². The molecule has 7 nitrogen and oxygen atoms in total. The van der Waals surface area contributed by atoms with Crippen molar-refractivity contribution in [3.8, 4) is 33.8 Å². The number of benzene rings is 1. The standard InChI is InChI=1S/C24H19N7S/c1-31(2)17-8-15(10-25-12-17)16-9-19-22(29-30-23(19)26-11-16)24-27-20-5-3-4-18(21(20)28-24)14-6-7-32-13-14/h3-13H,1-2H3,(H,27,28)(H,26,29,30). The zero-order chi connectivity index (χ0) is 21.7. The minimum absolute atomic E-state index is 0.652. The van der Waals surface area contributed by atoms with Gasteiger partial charge in [0.1, 0.15) is 5.69 Å². The molecule has 0 unspecified atom stereocenters. The summed E-state index contributed by atoms with van der Waals surface area (Å²) in [5.41, 5.74) is 8.69. The van der Waals surface area contributed by atoms with Crippen molar-refractivity contribution in [2.45, 2.75) is 0 Å². The van der Waals surface area contributed by atoms with E-state index in [0.717, 1.165) is 50.3 Å². The second-order valence-electron chi connectivity index (χ2n) is 7.82. The average Bonchev–Trinajstić information content (AvgIpc) is 3.57. The van der Waals surface area contributed by atoms with Crippen LogP contribution in [0.2, 0.25) is 0 Å². The van der Waals surface area contributed by atoms with Gasteiger partial charge >= 0.3 is 0 Å². The summed E-state index contributed by atoms with van der Waals surface area (Å²) in [5, 5.41) is 12.7. The van der Waals surface area contributed by atoms with Crippen LogP contribution in [0.15, 0.2) is 65.7 Å². The van der Waals surface area contributed by atoms with Crippen molar-refractivity contribution < 1.29 is 0 Å². The molecule has 0 amide bonds. The summed E-state index contributed by atoms with van der Waals surface area (Å²) in [7, 11) is 4.00. The summed E-state index contributed by atoms with van der Waals surface area (Å²) in [6.45, 7) is 0. The van der Waals surface area contributed by atoms with E-state index in [-0.39, 0.29) is 0 Å². The van der Waals surface area contributed by atoms with Crippen molar-refractivity contribution in [1.82, 2.24) is 30.1 Å². The van der Waals surface area contributed by atoms with E-state index in [4.69, 9.17) is 4.98 Å². The van der Waals surface area contributed by atoms with Gasteiger partial charge in [0, 0.05) is 43.2 Å². The van der Waals surface area contributed by atoms with Gasteiger partial charge in [-0.2, -0.15) is 16.4 Å². The van der Waals surface area contributed by atoms with E-state index < -0.39 is 0 Å². The summed E-state index contributed by atoms with van der Waals surface area (Å²) in [6.07, 6.45) is 5.53. The molecule has 0 fully saturated rings. The molecule has 5 heterocycles. The lowest BCUT2D eigenvalue weighted by molar-refractivity contribution is 1.09. The van der Waals surface area contributed by atoms with Gasteiger partial charge in [-0.1, -0.05) is 12.1 Å². The van der Waals surface area contributed by atoms with Gasteiger partial charge in [-0.05, 0) is 40.6 Å². The molecule has 6 rings (SSSR count). The van der Waals surface area contributed by atoms with Gasteiger partial charge in [-0.25, -0.2) is 9.97 Å². The molecule has 156 valence electrons. The number of nitrogens with zero attached hydrogens (tertiary/aromatic N) is 5. The van der Waals surface area contributed by atoms with Crippen molar-refractivity contribution in [2.24, 2.45) is 0 Å². The van der Waals surface area contributed by atoms with Crippen LogP contribution in [0.1, 0.15) is 0 Å². The molecule has 0 aliphatic carbocycles. The number of thiophene rings is 1. The van der Waals surface area contributed by atoms with E-state index in [0.29, 0.717) is 5.65 Å². The van der Waals surface area contributed by atoms with Crippen molar-refractivity contribution in [3.05, 3.63) is 65.7 Å². The number of para-hydroxylation sites is 1. The lowest BCUT2D eigenvalue weighted by Crippen LogP contribution is -2.08. The van der Waals surface area contributed by atoms with Crippen LogP contribution < -0.4 is 4.90 Å². The van der Waals surface area contributed by atoms with Gasteiger partial charge in [0.15, 0.2) is 11.5 Å². The normalized spacial score (nSPS) is 11.4. The SMILES string of the molecule is CN(C)c1cncc(-c2cnc3n[nH]c(-c4nc5c(-c6ccsc6)cccc5[nH]4)c3c2)c1. The molecule has 2 N–H and O–H groups in total. The van der Waals surface area contributed by atoms with E-state index in [1.54, 1.807) is 11.3 Å². The molecule has 0 bridgehead atoms. The third-order valence-electron chi connectivity index (χ3n) is 5.56. The minimum atomic E-state index is 0.652. The van der Waals surface area contributed by atoms with E-state index in [1.807, 2.05) is 49.7 Å². The Morgan fingerprint density at radius 2 is 1.88 bits per heavy atom. The molecule has 6 aromatic rings. The van der Waals surface area contributed by atoms with Crippen LogP contribution in [0.3, 0.4) is 0 Å². The highest BCUT2D eigenvalue weighted by Gasteiger charge is 2.16. The number of rotatable bonds is 4. The van der Waals surface area contributed by atoms with Crippen LogP contribution in [-0.2, 0) is 0 Å². The highest BCUT2D eigenvalue weighted by molar-refractivity contribution is 7.08. The first-order valence-corrected chi connectivity index (χ1v) is 11.1. The Balaban J connectivity index is 1.49.